The van der Waals surface area contributed by atoms with Crippen LogP contribution in [0.25, 0.3) is 0 Å². The summed E-state index contributed by atoms with van der Waals surface area (Å²) in [5, 5.41) is 7.42. The molecule has 0 aromatic heterocycles. The second-order valence-electron chi connectivity index (χ2n) is 1.49. The zero-order chi connectivity index (χ0) is 7.11. The lowest BCUT2D eigenvalue weighted by Gasteiger charge is -1.68. The van der Waals surface area contributed by atoms with Crippen molar-refractivity contribution in [2.45, 2.75) is 6.42 Å². The topological polar surface area (TPSA) is 76.8 Å². The van der Waals surface area contributed by atoms with Gasteiger partial charge >= 0.3 is 0 Å². The molecule has 52 valence electrons. The fourth-order valence-corrected chi connectivity index (χ4v) is 0.354. The molecule has 4 N–H and O–H groups in total. The van der Waals surface area contributed by atoms with Crippen molar-refractivity contribution in [3.8, 4) is 0 Å². The molecule has 0 saturated carbocycles. The maximum Gasteiger partial charge on any atom is 0.160 e. The van der Waals surface area contributed by atoms with Gasteiger partial charge in [-0.25, -0.2) is 0 Å². The van der Waals surface area contributed by atoms with Gasteiger partial charge in [-0.05, 0) is 18.6 Å². The third-order valence-electron chi connectivity index (χ3n) is 0.616. The summed E-state index contributed by atoms with van der Waals surface area (Å²) < 4.78 is 0. The highest BCUT2D eigenvalue weighted by molar-refractivity contribution is 7.80. The Labute approximate surface area is 59.3 Å². The van der Waals surface area contributed by atoms with Crippen LogP contribution in [0.5, 0.6) is 0 Å². The number of thiocarbonyl (C=S) groups is 1. The number of nitrogens with two attached hydrogens (primary N) is 2. The maximum absolute atomic E-state index is 4.62. The summed E-state index contributed by atoms with van der Waals surface area (Å²) in [5.74, 6) is 0. The Morgan fingerprint density at radius 3 is 1.67 bits per heavy atom. The molecule has 0 atom stereocenters. The molecule has 0 aromatic rings. The van der Waals surface area contributed by atoms with Gasteiger partial charge in [0.05, 0.1) is 13.1 Å². The normalized spacial score (nSPS) is 14.2. The molecule has 0 aromatic carbocycles. The first-order chi connectivity index (χ1) is 4.23. The number of hydrogen-bond donors (Lipinski definition) is 2. The van der Waals surface area contributed by atoms with E-state index in [1.807, 2.05) is 0 Å². The van der Waals surface area contributed by atoms with Gasteiger partial charge in [0, 0.05) is 0 Å². The van der Waals surface area contributed by atoms with E-state index in [1.165, 1.54) is 6.42 Å². The third-order valence-corrected chi connectivity index (χ3v) is 0.616. The molecule has 5 heteroatoms. The van der Waals surface area contributed by atoms with E-state index in [9.17, 15) is 0 Å². The molecule has 1 aliphatic heterocycles. The summed E-state index contributed by atoms with van der Waals surface area (Å²) >= 11 is 4.09. The third kappa shape index (κ3) is 11.1. The standard InChI is InChI=1S/C3H6N2.CH4N2S/c1-2-4-5-3-1;2-1(3)4/h1-3H2;(H4,2,3,4). The zero-order valence-electron chi connectivity index (χ0n) is 5.08. The van der Waals surface area contributed by atoms with Gasteiger partial charge in [0.25, 0.3) is 0 Å². The predicted molar refractivity (Wildman–Crippen MR) is 40.2 cm³/mol. The highest BCUT2D eigenvalue weighted by Gasteiger charge is 1.87. The Balaban J connectivity index is 0.000000148. The van der Waals surface area contributed by atoms with Gasteiger partial charge < -0.3 is 11.5 Å². The van der Waals surface area contributed by atoms with Gasteiger partial charge in [-0.2, -0.15) is 10.2 Å². The smallest absolute Gasteiger partial charge is 0.160 e. The van der Waals surface area contributed by atoms with Gasteiger partial charge in [0.15, 0.2) is 5.11 Å². The molecule has 0 radical (unpaired) electrons. The lowest BCUT2D eigenvalue weighted by Crippen LogP contribution is -2.18. The lowest BCUT2D eigenvalue weighted by atomic mass is 10.5. The van der Waals surface area contributed by atoms with E-state index >= 15 is 0 Å². The predicted octanol–water partition coefficient (Wildman–Crippen LogP) is 0.0310. The van der Waals surface area contributed by atoms with Crippen molar-refractivity contribution in [2.24, 2.45) is 21.7 Å². The van der Waals surface area contributed by atoms with Crippen LogP contribution in [0.3, 0.4) is 0 Å². The van der Waals surface area contributed by atoms with Crippen LogP contribution >= 0.6 is 12.2 Å². The summed E-state index contributed by atoms with van der Waals surface area (Å²) in [6, 6.07) is 0. The van der Waals surface area contributed by atoms with Gasteiger partial charge in [0.2, 0.25) is 0 Å². The number of azo groups is 1. The molecule has 0 amide bonds. The lowest BCUT2D eigenvalue weighted by molar-refractivity contribution is 0.979. The van der Waals surface area contributed by atoms with E-state index in [0.717, 1.165) is 13.1 Å². The minimum atomic E-state index is 0.000000000000000222. The van der Waals surface area contributed by atoms with Crippen LogP contribution in [-0.2, 0) is 0 Å². The minimum Gasteiger partial charge on any atom is -0.377 e. The Hall–Kier alpha value is -0.710. The van der Waals surface area contributed by atoms with Crippen LogP contribution in [0, 0.1) is 0 Å². The average molecular weight is 146 g/mol. The van der Waals surface area contributed by atoms with Crippen molar-refractivity contribution in [1.82, 2.24) is 0 Å². The highest BCUT2D eigenvalue weighted by atomic mass is 32.1. The van der Waals surface area contributed by atoms with Crippen LogP contribution in [-0.4, -0.2) is 18.2 Å². The highest BCUT2D eigenvalue weighted by Crippen LogP contribution is 1.91. The van der Waals surface area contributed by atoms with Crippen LogP contribution in [0.2, 0.25) is 0 Å². The van der Waals surface area contributed by atoms with Gasteiger partial charge in [-0.3, -0.25) is 0 Å². The second kappa shape index (κ2) is 5.43. The fourth-order valence-electron chi connectivity index (χ4n) is 0.354. The van der Waals surface area contributed by atoms with Crippen LogP contribution in [0.1, 0.15) is 6.42 Å². The summed E-state index contributed by atoms with van der Waals surface area (Å²) in [7, 11) is 0. The van der Waals surface area contributed by atoms with E-state index in [2.05, 4.69) is 33.9 Å². The molecule has 0 bridgehead atoms. The van der Waals surface area contributed by atoms with E-state index in [1.54, 1.807) is 0 Å². The van der Waals surface area contributed by atoms with Crippen molar-refractivity contribution < 1.29 is 0 Å². The van der Waals surface area contributed by atoms with Crippen molar-refractivity contribution >= 4 is 17.3 Å². The molecule has 9 heavy (non-hydrogen) atoms. The first-order valence-corrected chi connectivity index (χ1v) is 3.02. The quantitative estimate of drug-likeness (QED) is 0.473. The van der Waals surface area contributed by atoms with E-state index in [-0.39, 0.29) is 5.11 Å². The molecule has 0 unspecified atom stereocenters. The number of rotatable bonds is 0. The molecule has 1 aliphatic rings. The Bertz CT molecular complexity index is 101. The summed E-state index contributed by atoms with van der Waals surface area (Å²) in [5.41, 5.74) is 9.24. The van der Waals surface area contributed by atoms with E-state index < -0.39 is 0 Å². The van der Waals surface area contributed by atoms with Gasteiger partial charge in [-0.15, -0.1) is 0 Å². The van der Waals surface area contributed by atoms with Gasteiger partial charge in [0.1, 0.15) is 0 Å². The van der Waals surface area contributed by atoms with Crippen LogP contribution < -0.4 is 11.5 Å². The molecule has 1 rings (SSSR count). The zero-order valence-corrected chi connectivity index (χ0v) is 5.90. The number of nitrogens with zero attached hydrogens (tertiary/aromatic N) is 2. The molecule has 0 fully saturated rings. The van der Waals surface area contributed by atoms with Crippen LogP contribution in [0.4, 0.5) is 0 Å². The first-order valence-electron chi connectivity index (χ1n) is 2.61. The second-order valence-corrected chi connectivity index (χ2v) is 1.96. The molecular formula is C4H10N4S. The Morgan fingerprint density at radius 1 is 1.22 bits per heavy atom. The van der Waals surface area contributed by atoms with Crippen molar-refractivity contribution in [1.29, 1.82) is 0 Å². The summed E-state index contributed by atoms with van der Waals surface area (Å²) in [4.78, 5) is 0. The molecular weight excluding hydrogens is 136 g/mol. The fraction of sp³-hybridized carbons (Fsp3) is 0.750. The van der Waals surface area contributed by atoms with Gasteiger partial charge in [-0.1, -0.05) is 0 Å². The first kappa shape index (κ1) is 8.29. The maximum atomic E-state index is 4.62. The van der Waals surface area contributed by atoms with Crippen LogP contribution in [0.15, 0.2) is 10.2 Å². The molecule has 1 heterocycles. The SMILES string of the molecule is C1CN=NC1.NC(N)=S. The molecule has 4 nitrogen and oxygen atoms in total. The molecule has 0 spiro atoms. The van der Waals surface area contributed by atoms with E-state index in [4.69, 9.17) is 0 Å². The minimum absolute atomic E-state index is 0.000000000000000222. The van der Waals surface area contributed by atoms with Crippen molar-refractivity contribution in [2.75, 3.05) is 13.1 Å². The summed E-state index contributed by atoms with van der Waals surface area (Å²) in [6.07, 6.45) is 1.17. The van der Waals surface area contributed by atoms with Crippen molar-refractivity contribution in [3.05, 3.63) is 0 Å². The monoisotopic (exact) mass is 146 g/mol. The number of hydrogen-bond acceptors (Lipinski definition) is 3. The molecule has 0 aliphatic carbocycles. The van der Waals surface area contributed by atoms with E-state index in [0.29, 0.717) is 0 Å². The summed E-state index contributed by atoms with van der Waals surface area (Å²) in [6.45, 7) is 1.92. The largest absolute Gasteiger partial charge is 0.377 e. The average Bonchev–Trinajstić information content (AvgIpc) is 2.11. The Kier molecular flexibility index (Phi) is 5.00. The molecule has 0 saturated heterocycles. The van der Waals surface area contributed by atoms with Crippen molar-refractivity contribution in [3.63, 3.8) is 0 Å². The Morgan fingerprint density at radius 2 is 1.56 bits per heavy atom.